The Morgan fingerprint density at radius 1 is 1.19 bits per heavy atom. The lowest BCUT2D eigenvalue weighted by atomic mass is 9.82. The molecule has 0 radical (unpaired) electrons. The summed E-state index contributed by atoms with van der Waals surface area (Å²) in [5.74, 6) is 0. The molecule has 21 heavy (non-hydrogen) atoms. The first kappa shape index (κ1) is 15.0. The van der Waals surface area contributed by atoms with Crippen LogP contribution in [0.1, 0.15) is 43.7 Å². The van der Waals surface area contributed by atoms with Gasteiger partial charge in [-0.15, -0.1) is 0 Å². The molecule has 3 unspecified atom stereocenters. The van der Waals surface area contributed by atoms with E-state index >= 15 is 0 Å². The molecule has 1 aromatic carbocycles. The third-order valence-electron chi connectivity index (χ3n) is 5.31. The number of hydrogen-bond acceptors (Lipinski definition) is 3. The van der Waals surface area contributed by atoms with E-state index in [9.17, 15) is 0 Å². The van der Waals surface area contributed by atoms with Crippen molar-refractivity contribution >= 4 is 0 Å². The van der Waals surface area contributed by atoms with Crippen LogP contribution in [0.15, 0.2) is 30.3 Å². The average molecular weight is 288 g/mol. The van der Waals surface area contributed by atoms with Gasteiger partial charge in [0.1, 0.15) is 0 Å². The van der Waals surface area contributed by atoms with Gasteiger partial charge in [-0.3, -0.25) is 0 Å². The molecule has 0 spiro atoms. The number of methoxy groups -OCH3 is 1. The molecule has 0 aliphatic carbocycles. The van der Waals surface area contributed by atoms with Gasteiger partial charge in [-0.25, -0.2) is 0 Å². The molecule has 2 aliphatic heterocycles. The summed E-state index contributed by atoms with van der Waals surface area (Å²) < 4.78 is 5.44. The third-order valence-corrected chi connectivity index (χ3v) is 5.31. The molecule has 2 heterocycles. The largest absolute Gasteiger partial charge is 0.383 e. The van der Waals surface area contributed by atoms with Crippen molar-refractivity contribution in [2.75, 3.05) is 20.8 Å². The summed E-state index contributed by atoms with van der Waals surface area (Å²) in [5, 5.41) is 3.87. The third kappa shape index (κ3) is 3.47. The van der Waals surface area contributed by atoms with Crippen molar-refractivity contribution in [3.05, 3.63) is 35.9 Å². The summed E-state index contributed by atoms with van der Waals surface area (Å²) in [6.07, 6.45) is 6.70. The van der Waals surface area contributed by atoms with Crippen LogP contribution in [0, 0.1) is 0 Å². The van der Waals surface area contributed by atoms with Crippen molar-refractivity contribution in [2.24, 2.45) is 0 Å². The number of benzene rings is 1. The van der Waals surface area contributed by atoms with E-state index < -0.39 is 0 Å². The number of ether oxygens (including phenoxy) is 1. The molecule has 0 aromatic heterocycles. The second-order valence-corrected chi connectivity index (χ2v) is 6.66. The van der Waals surface area contributed by atoms with Crippen molar-refractivity contribution in [3.63, 3.8) is 0 Å². The molecular weight excluding hydrogens is 260 g/mol. The highest BCUT2D eigenvalue weighted by molar-refractivity contribution is 5.19. The van der Waals surface area contributed by atoms with E-state index in [-0.39, 0.29) is 0 Å². The Balaban J connectivity index is 1.66. The van der Waals surface area contributed by atoms with E-state index in [0.29, 0.717) is 12.1 Å². The molecule has 0 saturated carbocycles. The van der Waals surface area contributed by atoms with Crippen LogP contribution in [0.2, 0.25) is 0 Å². The van der Waals surface area contributed by atoms with Crippen LogP contribution in [0.25, 0.3) is 0 Å². The SMILES string of the molecule is COCC(NC1CC2CCCC(C1)N2C)c1ccccc1. The zero-order valence-electron chi connectivity index (χ0n) is 13.3. The fraction of sp³-hybridized carbons (Fsp3) is 0.667. The molecule has 3 nitrogen and oxygen atoms in total. The van der Waals surface area contributed by atoms with Crippen molar-refractivity contribution < 1.29 is 4.74 Å². The van der Waals surface area contributed by atoms with E-state index in [4.69, 9.17) is 4.74 Å². The molecule has 3 rings (SSSR count). The van der Waals surface area contributed by atoms with E-state index in [1.807, 2.05) is 0 Å². The van der Waals surface area contributed by atoms with E-state index in [2.05, 4.69) is 47.6 Å². The second-order valence-electron chi connectivity index (χ2n) is 6.66. The van der Waals surface area contributed by atoms with Gasteiger partial charge in [0.2, 0.25) is 0 Å². The van der Waals surface area contributed by atoms with Crippen LogP contribution in [-0.4, -0.2) is 43.8 Å². The summed E-state index contributed by atoms with van der Waals surface area (Å²) >= 11 is 0. The van der Waals surface area contributed by atoms with Crippen molar-refractivity contribution in [1.82, 2.24) is 10.2 Å². The van der Waals surface area contributed by atoms with Gasteiger partial charge in [-0.1, -0.05) is 36.8 Å². The lowest BCUT2D eigenvalue weighted by Crippen LogP contribution is -2.55. The van der Waals surface area contributed by atoms with E-state index in [1.54, 1.807) is 7.11 Å². The summed E-state index contributed by atoms with van der Waals surface area (Å²) in [4.78, 5) is 2.62. The van der Waals surface area contributed by atoms with E-state index in [0.717, 1.165) is 18.7 Å². The molecule has 3 atom stereocenters. The number of hydrogen-bond donors (Lipinski definition) is 1. The Labute approximate surface area is 128 Å². The number of fused-ring (bicyclic) bond motifs is 2. The maximum absolute atomic E-state index is 5.44. The van der Waals surface area contributed by atoms with Gasteiger partial charge in [-0.05, 0) is 38.3 Å². The lowest BCUT2D eigenvalue weighted by molar-refractivity contribution is 0.0415. The van der Waals surface area contributed by atoms with Gasteiger partial charge in [-0.2, -0.15) is 0 Å². The van der Waals surface area contributed by atoms with Crippen LogP contribution in [0.4, 0.5) is 0 Å². The topological polar surface area (TPSA) is 24.5 Å². The fourth-order valence-corrected chi connectivity index (χ4v) is 4.13. The normalized spacial score (nSPS) is 31.0. The highest BCUT2D eigenvalue weighted by atomic mass is 16.5. The van der Waals surface area contributed by atoms with Gasteiger partial charge >= 0.3 is 0 Å². The predicted octanol–water partition coefficient (Wildman–Crippen LogP) is 2.98. The summed E-state index contributed by atoms with van der Waals surface area (Å²) in [7, 11) is 4.11. The van der Waals surface area contributed by atoms with E-state index in [1.165, 1.54) is 37.7 Å². The fourth-order valence-electron chi connectivity index (χ4n) is 4.13. The maximum Gasteiger partial charge on any atom is 0.0657 e. The van der Waals surface area contributed by atoms with Crippen LogP contribution < -0.4 is 5.32 Å². The Bertz CT molecular complexity index is 422. The molecule has 116 valence electrons. The average Bonchev–Trinajstić information content (AvgIpc) is 2.49. The first-order chi connectivity index (χ1) is 10.3. The molecule has 3 heteroatoms. The molecule has 2 aliphatic rings. The van der Waals surface area contributed by atoms with Crippen molar-refractivity contribution in [1.29, 1.82) is 0 Å². The smallest absolute Gasteiger partial charge is 0.0657 e. The minimum absolute atomic E-state index is 0.310. The highest BCUT2D eigenvalue weighted by Crippen LogP contribution is 2.33. The molecule has 1 N–H and O–H groups in total. The first-order valence-corrected chi connectivity index (χ1v) is 8.29. The summed E-state index contributed by atoms with van der Waals surface area (Å²) in [6, 6.07) is 13.2. The predicted molar refractivity (Wildman–Crippen MR) is 86.4 cm³/mol. The van der Waals surface area contributed by atoms with Gasteiger partial charge in [0, 0.05) is 25.2 Å². The molecule has 0 amide bonds. The highest BCUT2D eigenvalue weighted by Gasteiger charge is 2.36. The molecule has 1 aromatic rings. The first-order valence-electron chi connectivity index (χ1n) is 8.29. The minimum atomic E-state index is 0.310. The van der Waals surface area contributed by atoms with Crippen LogP contribution in [0.3, 0.4) is 0 Å². The van der Waals surface area contributed by atoms with Gasteiger partial charge < -0.3 is 15.0 Å². The van der Waals surface area contributed by atoms with Crippen LogP contribution >= 0.6 is 0 Å². The monoisotopic (exact) mass is 288 g/mol. The molecule has 2 fully saturated rings. The zero-order chi connectivity index (χ0) is 14.7. The Morgan fingerprint density at radius 2 is 1.86 bits per heavy atom. The summed E-state index contributed by atoms with van der Waals surface area (Å²) in [6.45, 7) is 0.742. The second kappa shape index (κ2) is 6.91. The quantitative estimate of drug-likeness (QED) is 0.901. The molecule has 2 saturated heterocycles. The number of rotatable bonds is 5. The summed E-state index contributed by atoms with van der Waals surface area (Å²) in [5.41, 5.74) is 1.34. The van der Waals surface area contributed by atoms with Crippen molar-refractivity contribution in [3.8, 4) is 0 Å². The molecule has 2 bridgehead atoms. The number of piperidine rings is 2. The molecular formula is C18H28N2O. The van der Waals surface area contributed by atoms with Gasteiger partial charge in [0.25, 0.3) is 0 Å². The van der Waals surface area contributed by atoms with Crippen LogP contribution in [-0.2, 0) is 4.74 Å². The van der Waals surface area contributed by atoms with Gasteiger partial charge in [0.15, 0.2) is 0 Å². The Kier molecular flexibility index (Phi) is 4.94. The van der Waals surface area contributed by atoms with Gasteiger partial charge in [0.05, 0.1) is 12.6 Å². The standard InChI is InChI=1S/C18H28N2O/c1-20-16-9-6-10-17(20)12-15(11-16)19-18(13-21-2)14-7-4-3-5-8-14/h3-5,7-8,15-19H,6,9-13H2,1-2H3. The lowest BCUT2D eigenvalue weighted by Gasteiger charge is -2.48. The maximum atomic E-state index is 5.44. The van der Waals surface area contributed by atoms with Crippen LogP contribution in [0.5, 0.6) is 0 Å². The Morgan fingerprint density at radius 3 is 2.48 bits per heavy atom. The minimum Gasteiger partial charge on any atom is -0.383 e. The number of nitrogens with one attached hydrogen (secondary N) is 1. The van der Waals surface area contributed by atoms with Crippen molar-refractivity contribution in [2.45, 2.75) is 56.3 Å². The zero-order valence-corrected chi connectivity index (χ0v) is 13.3. The number of nitrogens with zero attached hydrogens (tertiary/aromatic N) is 1. The Hall–Kier alpha value is -0.900.